The van der Waals surface area contributed by atoms with Crippen molar-refractivity contribution in [1.29, 1.82) is 0 Å². The van der Waals surface area contributed by atoms with E-state index in [0.717, 1.165) is 5.69 Å². The molecule has 0 fully saturated rings. The molecule has 0 aliphatic rings. The zero-order valence-electron chi connectivity index (χ0n) is 6.38. The second-order valence-electron chi connectivity index (χ2n) is 2.05. The number of rotatable bonds is 2. The van der Waals surface area contributed by atoms with E-state index in [9.17, 15) is 0 Å². The first-order chi connectivity index (χ1) is 4.74. The van der Waals surface area contributed by atoms with Crippen LogP contribution in [-0.4, -0.2) is 16.8 Å². The largest absolute Gasteiger partial charge is 0.387 e. The van der Waals surface area contributed by atoms with Gasteiger partial charge in [0.25, 0.3) is 5.88 Å². The maximum absolute atomic E-state index is 4.93. The van der Waals surface area contributed by atoms with Crippen molar-refractivity contribution in [3.05, 3.63) is 11.8 Å². The number of aromatic nitrogens is 2. The fourth-order valence-electron chi connectivity index (χ4n) is 0.682. The lowest BCUT2D eigenvalue weighted by Gasteiger charge is -1.94. The Morgan fingerprint density at radius 2 is 2.40 bits per heavy atom. The van der Waals surface area contributed by atoms with Crippen LogP contribution in [0.25, 0.3) is 0 Å². The minimum Gasteiger partial charge on any atom is -0.387 e. The number of hydrogen-bond donors (Lipinski definition) is 1. The third-order valence-corrected chi connectivity index (χ3v) is 1.30. The molecule has 0 saturated carbocycles. The molecule has 0 unspecified atom stereocenters. The molecule has 0 aliphatic carbocycles. The third-order valence-electron chi connectivity index (χ3n) is 1.30. The highest BCUT2D eigenvalue weighted by atomic mass is 16.7. The minimum atomic E-state index is 0.600. The first-order valence-electron chi connectivity index (χ1n) is 3.08. The topological polar surface area (TPSA) is 39.1 Å². The van der Waals surface area contributed by atoms with Crippen LogP contribution in [0.2, 0.25) is 0 Å². The number of hydrogen-bond acceptors (Lipinski definition) is 3. The maximum atomic E-state index is 4.93. The van der Waals surface area contributed by atoms with Crippen LogP contribution >= 0.6 is 0 Å². The fourth-order valence-corrected chi connectivity index (χ4v) is 0.682. The molecule has 1 N–H and O–H groups in total. The van der Waals surface area contributed by atoms with Gasteiger partial charge in [0.15, 0.2) is 0 Å². The van der Waals surface area contributed by atoms with Crippen LogP contribution < -0.4 is 10.3 Å². The summed E-state index contributed by atoms with van der Waals surface area (Å²) in [4.78, 5) is 4.93. The Kier molecular flexibility index (Phi) is 1.91. The highest BCUT2D eigenvalue weighted by molar-refractivity contribution is 5.13. The van der Waals surface area contributed by atoms with Crippen LogP contribution in [0, 0.1) is 6.92 Å². The van der Waals surface area contributed by atoms with Gasteiger partial charge < -0.3 is 4.84 Å². The lowest BCUT2D eigenvalue weighted by Crippen LogP contribution is -2.11. The van der Waals surface area contributed by atoms with Gasteiger partial charge in [0.1, 0.15) is 0 Å². The molecule has 0 radical (unpaired) electrons. The van der Waals surface area contributed by atoms with E-state index in [0.29, 0.717) is 5.88 Å². The predicted octanol–water partition coefficient (Wildman–Crippen LogP) is 0.242. The van der Waals surface area contributed by atoms with Gasteiger partial charge in [-0.2, -0.15) is 5.48 Å². The minimum absolute atomic E-state index is 0.600. The second-order valence-corrected chi connectivity index (χ2v) is 2.05. The maximum Gasteiger partial charge on any atom is 0.256 e. The van der Waals surface area contributed by atoms with E-state index in [4.69, 9.17) is 4.84 Å². The smallest absolute Gasteiger partial charge is 0.256 e. The van der Waals surface area contributed by atoms with Crippen molar-refractivity contribution in [3.63, 3.8) is 0 Å². The van der Waals surface area contributed by atoms with E-state index in [-0.39, 0.29) is 0 Å². The quantitative estimate of drug-likeness (QED) is 0.600. The lowest BCUT2D eigenvalue weighted by atomic mass is 10.5. The van der Waals surface area contributed by atoms with Gasteiger partial charge in [0.2, 0.25) is 0 Å². The summed E-state index contributed by atoms with van der Waals surface area (Å²) in [5.41, 5.74) is 3.62. The summed E-state index contributed by atoms with van der Waals surface area (Å²) in [5.74, 6) is 0.600. The average molecular weight is 141 g/mol. The van der Waals surface area contributed by atoms with Gasteiger partial charge in [0.05, 0.1) is 0 Å². The van der Waals surface area contributed by atoms with Crippen LogP contribution in [0.3, 0.4) is 0 Å². The molecular weight excluding hydrogens is 130 g/mol. The number of nitrogens with zero attached hydrogens (tertiary/aromatic N) is 2. The van der Waals surface area contributed by atoms with Crippen molar-refractivity contribution in [2.24, 2.45) is 7.05 Å². The summed E-state index contributed by atoms with van der Waals surface area (Å²) in [5, 5.41) is 4.03. The molecular formula is C6H11N3O. The summed E-state index contributed by atoms with van der Waals surface area (Å²) in [7, 11) is 3.57. The van der Waals surface area contributed by atoms with Gasteiger partial charge in [-0.3, -0.25) is 4.68 Å². The van der Waals surface area contributed by atoms with Crippen LogP contribution in [-0.2, 0) is 7.05 Å². The summed E-state index contributed by atoms with van der Waals surface area (Å²) >= 11 is 0. The average Bonchev–Trinajstić information content (AvgIpc) is 2.14. The van der Waals surface area contributed by atoms with Crippen LogP contribution in [0.15, 0.2) is 6.07 Å². The number of aryl methyl sites for hydroxylation is 2. The van der Waals surface area contributed by atoms with E-state index in [1.807, 2.05) is 20.0 Å². The molecule has 0 aromatic carbocycles. The summed E-state index contributed by atoms with van der Waals surface area (Å²) in [6.45, 7) is 1.97. The molecule has 1 aromatic heterocycles. The Hall–Kier alpha value is -1.03. The van der Waals surface area contributed by atoms with E-state index in [1.54, 1.807) is 11.7 Å². The van der Waals surface area contributed by atoms with E-state index >= 15 is 0 Å². The molecule has 56 valence electrons. The van der Waals surface area contributed by atoms with Crippen molar-refractivity contribution in [2.75, 3.05) is 7.05 Å². The van der Waals surface area contributed by atoms with E-state index in [2.05, 4.69) is 10.6 Å². The molecule has 10 heavy (non-hydrogen) atoms. The zero-order valence-corrected chi connectivity index (χ0v) is 6.38. The van der Waals surface area contributed by atoms with Gasteiger partial charge in [-0.05, 0) is 6.92 Å². The fraction of sp³-hybridized carbons (Fsp3) is 0.500. The molecule has 1 rings (SSSR count). The van der Waals surface area contributed by atoms with Crippen molar-refractivity contribution >= 4 is 0 Å². The van der Waals surface area contributed by atoms with E-state index in [1.165, 1.54) is 0 Å². The van der Waals surface area contributed by atoms with Crippen LogP contribution in [0.4, 0.5) is 0 Å². The molecule has 1 heterocycles. The normalized spacial score (nSPS) is 9.90. The molecule has 1 aromatic rings. The Morgan fingerprint density at radius 1 is 1.70 bits per heavy atom. The molecule has 0 saturated heterocycles. The molecule has 0 spiro atoms. The van der Waals surface area contributed by atoms with Gasteiger partial charge in [-0.15, -0.1) is 5.10 Å². The highest BCUT2D eigenvalue weighted by Crippen LogP contribution is 2.07. The second kappa shape index (κ2) is 2.70. The Morgan fingerprint density at radius 3 is 2.80 bits per heavy atom. The van der Waals surface area contributed by atoms with Crippen molar-refractivity contribution in [1.82, 2.24) is 15.3 Å². The first-order valence-corrected chi connectivity index (χ1v) is 3.08. The highest BCUT2D eigenvalue weighted by Gasteiger charge is 1.99. The van der Waals surface area contributed by atoms with Gasteiger partial charge in [-0.25, -0.2) is 0 Å². The number of nitrogens with one attached hydrogen (secondary N) is 1. The molecule has 0 bridgehead atoms. The first kappa shape index (κ1) is 7.08. The Bertz CT molecular complexity index is 199. The summed E-state index contributed by atoms with van der Waals surface area (Å²) in [6.07, 6.45) is 0. The van der Waals surface area contributed by atoms with Gasteiger partial charge in [0, 0.05) is 25.9 Å². The van der Waals surface area contributed by atoms with Crippen LogP contribution in [0.5, 0.6) is 5.88 Å². The third kappa shape index (κ3) is 1.27. The standard InChI is InChI=1S/C6H11N3O/c1-5-4-6(10-7-2)8-9(5)3/h4,7H,1-3H3. The molecule has 4 nitrogen and oxygen atoms in total. The van der Waals surface area contributed by atoms with Gasteiger partial charge >= 0.3 is 0 Å². The number of hydroxylamine groups is 1. The van der Waals surface area contributed by atoms with Crippen LogP contribution in [0.1, 0.15) is 5.69 Å². The molecule has 4 heteroatoms. The zero-order chi connectivity index (χ0) is 7.56. The van der Waals surface area contributed by atoms with Crippen molar-refractivity contribution in [2.45, 2.75) is 6.92 Å². The van der Waals surface area contributed by atoms with Crippen molar-refractivity contribution in [3.8, 4) is 5.88 Å². The summed E-state index contributed by atoms with van der Waals surface area (Å²) < 4.78 is 1.76. The predicted molar refractivity (Wildman–Crippen MR) is 37.6 cm³/mol. The Balaban J connectivity index is 2.77. The van der Waals surface area contributed by atoms with Crippen molar-refractivity contribution < 1.29 is 4.84 Å². The SMILES string of the molecule is CNOc1cc(C)n(C)n1. The molecule has 0 aliphatic heterocycles. The lowest BCUT2D eigenvalue weighted by molar-refractivity contribution is 0.212. The monoisotopic (exact) mass is 141 g/mol. The van der Waals surface area contributed by atoms with Gasteiger partial charge in [-0.1, -0.05) is 0 Å². The van der Waals surface area contributed by atoms with E-state index < -0.39 is 0 Å². The molecule has 0 amide bonds. The summed E-state index contributed by atoms with van der Waals surface area (Å²) in [6, 6.07) is 1.86. The molecule has 0 atom stereocenters. The Labute approximate surface area is 59.8 Å².